The van der Waals surface area contributed by atoms with Gasteiger partial charge in [0.2, 0.25) is 11.0 Å². The van der Waals surface area contributed by atoms with E-state index in [1.54, 1.807) is 37.4 Å². The Morgan fingerprint density at radius 2 is 2.00 bits per heavy atom. The molecule has 0 bridgehead atoms. The molecule has 0 unspecified atom stereocenters. The first kappa shape index (κ1) is 15.9. The number of rotatable bonds is 3. The summed E-state index contributed by atoms with van der Waals surface area (Å²) in [6.07, 6.45) is 0. The molecule has 2 aromatic carbocycles. The van der Waals surface area contributed by atoms with Crippen molar-refractivity contribution in [2.75, 3.05) is 12.4 Å². The number of fused-ring (bicyclic) bond motifs is 1. The van der Waals surface area contributed by atoms with Crippen LogP contribution in [-0.4, -0.2) is 22.3 Å². The SMILES string of the molecule is COc1ccc(NC(=S)N=Nc2c(O)[nH]c3c(F)cccc23)cc1. The maximum absolute atomic E-state index is 13.7. The van der Waals surface area contributed by atoms with Crippen LogP contribution in [0.25, 0.3) is 10.9 Å². The van der Waals surface area contributed by atoms with Crippen molar-refractivity contribution in [2.45, 2.75) is 0 Å². The summed E-state index contributed by atoms with van der Waals surface area (Å²) >= 11 is 5.09. The number of hydrogen-bond donors (Lipinski definition) is 3. The van der Waals surface area contributed by atoms with Crippen molar-refractivity contribution in [1.29, 1.82) is 0 Å². The Bertz CT molecular complexity index is 922. The summed E-state index contributed by atoms with van der Waals surface area (Å²) in [5.41, 5.74) is 1.01. The molecule has 8 heteroatoms. The fourth-order valence-electron chi connectivity index (χ4n) is 2.17. The molecule has 0 radical (unpaired) electrons. The Labute approximate surface area is 142 Å². The van der Waals surface area contributed by atoms with Crippen molar-refractivity contribution in [3.05, 3.63) is 48.3 Å². The largest absolute Gasteiger partial charge is 0.497 e. The fourth-order valence-corrected chi connectivity index (χ4v) is 2.33. The van der Waals surface area contributed by atoms with Crippen LogP contribution < -0.4 is 10.1 Å². The molecule has 1 aromatic heterocycles. The Kier molecular flexibility index (Phi) is 4.39. The molecule has 0 aliphatic rings. The van der Waals surface area contributed by atoms with Gasteiger partial charge in [-0.15, -0.1) is 10.2 Å². The van der Waals surface area contributed by atoms with Crippen LogP contribution >= 0.6 is 12.2 Å². The molecule has 6 nitrogen and oxygen atoms in total. The van der Waals surface area contributed by atoms with Gasteiger partial charge in [0.1, 0.15) is 11.6 Å². The quantitative estimate of drug-likeness (QED) is 0.482. The second-order valence-corrected chi connectivity index (χ2v) is 5.23. The van der Waals surface area contributed by atoms with Crippen LogP contribution in [0.4, 0.5) is 15.8 Å². The monoisotopic (exact) mass is 344 g/mol. The zero-order valence-electron chi connectivity index (χ0n) is 12.6. The van der Waals surface area contributed by atoms with Gasteiger partial charge in [-0.2, -0.15) is 0 Å². The van der Waals surface area contributed by atoms with Gasteiger partial charge in [0, 0.05) is 11.1 Å². The highest BCUT2D eigenvalue weighted by Gasteiger charge is 2.13. The minimum Gasteiger partial charge on any atom is -0.497 e. The molecule has 0 amide bonds. The van der Waals surface area contributed by atoms with E-state index in [-0.39, 0.29) is 22.2 Å². The predicted molar refractivity (Wildman–Crippen MR) is 93.7 cm³/mol. The highest BCUT2D eigenvalue weighted by molar-refractivity contribution is 7.80. The Hall–Kier alpha value is -3.00. The highest BCUT2D eigenvalue weighted by atomic mass is 32.1. The highest BCUT2D eigenvalue weighted by Crippen LogP contribution is 2.36. The number of aromatic nitrogens is 1. The van der Waals surface area contributed by atoms with E-state index in [2.05, 4.69) is 20.5 Å². The summed E-state index contributed by atoms with van der Waals surface area (Å²) in [7, 11) is 1.58. The standard InChI is InChI=1S/C16H13FN4O2S/c1-23-10-7-5-9(6-8-10)18-16(24)21-20-14-11-3-2-4-12(17)13(11)19-15(14)22/h2-8,19,22H,1H3,(H,18,24). The number of para-hydroxylation sites is 1. The molecule has 1 heterocycles. The molecular formula is C16H13FN4O2S. The van der Waals surface area contributed by atoms with E-state index < -0.39 is 5.82 Å². The Morgan fingerprint density at radius 1 is 1.25 bits per heavy atom. The molecule has 24 heavy (non-hydrogen) atoms. The molecule has 122 valence electrons. The van der Waals surface area contributed by atoms with Crippen LogP contribution in [0.1, 0.15) is 0 Å². The molecule has 3 rings (SSSR count). The summed E-state index contributed by atoms with van der Waals surface area (Å²) in [4.78, 5) is 2.53. The topological polar surface area (TPSA) is 82.0 Å². The van der Waals surface area contributed by atoms with Crippen molar-refractivity contribution >= 4 is 39.6 Å². The molecule has 3 aromatic rings. The summed E-state index contributed by atoms with van der Waals surface area (Å²) in [5.74, 6) is -0.0341. The molecule has 0 fully saturated rings. The van der Waals surface area contributed by atoms with Gasteiger partial charge in [0.05, 0.1) is 12.6 Å². The summed E-state index contributed by atoms with van der Waals surface area (Å²) in [6.45, 7) is 0. The van der Waals surface area contributed by atoms with Gasteiger partial charge in [-0.3, -0.25) is 0 Å². The van der Waals surface area contributed by atoms with E-state index in [4.69, 9.17) is 17.0 Å². The van der Waals surface area contributed by atoms with Crippen LogP contribution in [-0.2, 0) is 0 Å². The van der Waals surface area contributed by atoms with Gasteiger partial charge in [-0.1, -0.05) is 12.1 Å². The van der Waals surface area contributed by atoms with Crippen molar-refractivity contribution in [2.24, 2.45) is 10.2 Å². The lowest BCUT2D eigenvalue weighted by molar-refractivity contribution is 0.415. The van der Waals surface area contributed by atoms with Crippen LogP contribution in [0, 0.1) is 5.82 Å². The van der Waals surface area contributed by atoms with Crippen LogP contribution in [0.3, 0.4) is 0 Å². The van der Waals surface area contributed by atoms with Crippen molar-refractivity contribution in [1.82, 2.24) is 4.98 Å². The number of ether oxygens (including phenoxy) is 1. The summed E-state index contributed by atoms with van der Waals surface area (Å²) in [6, 6.07) is 11.5. The molecular weight excluding hydrogens is 331 g/mol. The van der Waals surface area contributed by atoms with E-state index >= 15 is 0 Å². The average molecular weight is 344 g/mol. The van der Waals surface area contributed by atoms with E-state index in [0.29, 0.717) is 11.1 Å². The number of nitrogens with zero attached hydrogens (tertiary/aromatic N) is 2. The van der Waals surface area contributed by atoms with Gasteiger partial charge < -0.3 is 20.1 Å². The number of H-pyrrole nitrogens is 1. The number of aromatic hydroxyl groups is 1. The fraction of sp³-hybridized carbons (Fsp3) is 0.0625. The Morgan fingerprint density at radius 3 is 2.71 bits per heavy atom. The number of benzene rings is 2. The lowest BCUT2D eigenvalue weighted by atomic mass is 10.2. The number of anilines is 1. The first-order chi connectivity index (χ1) is 11.6. The molecule has 0 aliphatic carbocycles. The molecule has 3 N–H and O–H groups in total. The minimum absolute atomic E-state index is 0.102. The van der Waals surface area contributed by atoms with E-state index in [1.807, 2.05) is 0 Å². The number of aromatic amines is 1. The van der Waals surface area contributed by atoms with Gasteiger partial charge in [-0.25, -0.2) is 4.39 Å². The number of nitrogens with one attached hydrogen (secondary N) is 2. The van der Waals surface area contributed by atoms with Crippen molar-refractivity contribution in [3.8, 4) is 11.6 Å². The minimum atomic E-state index is -0.483. The maximum Gasteiger partial charge on any atom is 0.218 e. The zero-order valence-corrected chi connectivity index (χ0v) is 13.4. The molecule has 0 aliphatic heterocycles. The second-order valence-electron chi connectivity index (χ2n) is 4.84. The van der Waals surface area contributed by atoms with E-state index in [1.165, 1.54) is 12.1 Å². The first-order valence-corrected chi connectivity index (χ1v) is 7.35. The maximum atomic E-state index is 13.7. The molecule has 0 spiro atoms. The summed E-state index contributed by atoms with van der Waals surface area (Å²) in [5, 5.41) is 21.0. The predicted octanol–water partition coefficient (Wildman–Crippen LogP) is 4.50. The second kappa shape index (κ2) is 6.63. The molecule has 0 atom stereocenters. The third-order valence-corrected chi connectivity index (χ3v) is 3.50. The van der Waals surface area contributed by atoms with Crippen molar-refractivity contribution in [3.63, 3.8) is 0 Å². The zero-order chi connectivity index (χ0) is 17.1. The molecule has 0 saturated carbocycles. The smallest absolute Gasteiger partial charge is 0.218 e. The third-order valence-electron chi connectivity index (χ3n) is 3.32. The lowest BCUT2D eigenvalue weighted by Crippen LogP contribution is -2.04. The lowest BCUT2D eigenvalue weighted by Gasteiger charge is -2.04. The number of halogens is 1. The Balaban J connectivity index is 1.79. The van der Waals surface area contributed by atoms with Crippen LogP contribution in [0.5, 0.6) is 11.6 Å². The van der Waals surface area contributed by atoms with Gasteiger partial charge in [-0.05, 0) is 42.5 Å². The molecule has 0 saturated heterocycles. The van der Waals surface area contributed by atoms with Crippen LogP contribution in [0.15, 0.2) is 52.7 Å². The van der Waals surface area contributed by atoms with Gasteiger partial charge in [0.15, 0.2) is 5.69 Å². The van der Waals surface area contributed by atoms with E-state index in [0.717, 1.165) is 5.75 Å². The van der Waals surface area contributed by atoms with E-state index in [9.17, 15) is 9.50 Å². The van der Waals surface area contributed by atoms with Gasteiger partial charge >= 0.3 is 0 Å². The number of thiocarbonyl (C=S) groups is 1. The number of hydrogen-bond acceptors (Lipinski definition) is 4. The van der Waals surface area contributed by atoms with Gasteiger partial charge in [0.25, 0.3) is 0 Å². The first-order valence-electron chi connectivity index (χ1n) is 6.94. The van der Waals surface area contributed by atoms with Crippen molar-refractivity contribution < 1.29 is 14.2 Å². The number of methoxy groups -OCH3 is 1. The summed E-state index contributed by atoms with van der Waals surface area (Å²) < 4.78 is 18.7. The number of azo groups is 1. The normalized spacial score (nSPS) is 11.1. The average Bonchev–Trinajstić information content (AvgIpc) is 2.91. The van der Waals surface area contributed by atoms with Crippen LogP contribution in [0.2, 0.25) is 0 Å². The third kappa shape index (κ3) is 3.18.